The van der Waals surface area contributed by atoms with E-state index < -0.39 is 0 Å². The second-order valence-electron chi connectivity index (χ2n) is 5.10. The van der Waals surface area contributed by atoms with Crippen LogP contribution in [0.5, 0.6) is 0 Å². The van der Waals surface area contributed by atoms with Crippen molar-refractivity contribution in [3.63, 3.8) is 0 Å². The summed E-state index contributed by atoms with van der Waals surface area (Å²) in [6, 6.07) is 0. The maximum absolute atomic E-state index is 6.08. The molecule has 1 saturated carbocycles. The van der Waals surface area contributed by atoms with Crippen molar-refractivity contribution in [1.82, 2.24) is 10.2 Å². The Bertz CT molecular complexity index is 184. The second-order valence-corrected chi connectivity index (χ2v) is 5.36. The minimum Gasteiger partial charge on any atom is -0.309 e. The smallest absolute Gasteiger partial charge is 0.0406 e. The Kier molecular flexibility index (Phi) is 4.30. The topological polar surface area (TPSA) is 15.3 Å². The zero-order valence-corrected chi connectivity index (χ0v) is 10.4. The Morgan fingerprint density at radius 2 is 1.73 bits per heavy atom. The van der Waals surface area contributed by atoms with Crippen LogP contribution in [0.1, 0.15) is 38.5 Å². The highest BCUT2D eigenvalue weighted by Crippen LogP contribution is 2.30. The average molecular weight is 231 g/mol. The second kappa shape index (κ2) is 5.51. The number of hydrogen-bond donors (Lipinski definition) is 1. The molecule has 2 rings (SSSR count). The van der Waals surface area contributed by atoms with Crippen molar-refractivity contribution >= 4 is 11.6 Å². The molecule has 2 fully saturated rings. The Morgan fingerprint density at radius 1 is 1.07 bits per heavy atom. The highest BCUT2D eigenvalue weighted by atomic mass is 35.5. The van der Waals surface area contributed by atoms with Gasteiger partial charge in [-0.25, -0.2) is 0 Å². The van der Waals surface area contributed by atoms with Crippen LogP contribution in [0.2, 0.25) is 0 Å². The van der Waals surface area contributed by atoms with E-state index in [-0.39, 0.29) is 5.54 Å². The largest absolute Gasteiger partial charge is 0.309 e. The van der Waals surface area contributed by atoms with Crippen molar-refractivity contribution in [3.8, 4) is 0 Å². The maximum Gasteiger partial charge on any atom is 0.0406 e. The summed E-state index contributed by atoms with van der Waals surface area (Å²) >= 11 is 6.08. The zero-order valence-electron chi connectivity index (χ0n) is 9.60. The third kappa shape index (κ3) is 3.08. The van der Waals surface area contributed by atoms with Gasteiger partial charge in [0.1, 0.15) is 0 Å². The molecule has 1 saturated heterocycles. The summed E-state index contributed by atoms with van der Waals surface area (Å²) in [5.41, 5.74) is 0.279. The average Bonchev–Trinajstić information content (AvgIpc) is 2.89. The van der Waals surface area contributed by atoms with Crippen molar-refractivity contribution < 1.29 is 0 Å². The molecule has 0 bridgehead atoms. The molecule has 1 N–H and O–H groups in total. The molecule has 1 aliphatic carbocycles. The van der Waals surface area contributed by atoms with Crippen molar-refractivity contribution in [1.29, 1.82) is 0 Å². The summed E-state index contributed by atoms with van der Waals surface area (Å²) in [4.78, 5) is 2.56. The monoisotopic (exact) mass is 230 g/mol. The quantitative estimate of drug-likeness (QED) is 0.729. The fraction of sp³-hybridized carbons (Fsp3) is 1.00. The number of likely N-dealkylation sites (tertiary alicyclic amines) is 1. The minimum absolute atomic E-state index is 0.279. The molecule has 0 aromatic rings. The van der Waals surface area contributed by atoms with E-state index in [2.05, 4.69) is 10.2 Å². The molecule has 0 spiro atoms. The van der Waals surface area contributed by atoms with Crippen LogP contribution >= 0.6 is 11.6 Å². The lowest BCUT2D eigenvalue weighted by molar-refractivity contribution is 0.298. The zero-order chi connectivity index (χ0) is 10.6. The van der Waals surface area contributed by atoms with E-state index >= 15 is 0 Å². The highest BCUT2D eigenvalue weighted by Gasteiger charge is 2.32. The fourth-order valence-corrected chi connectivity index (χ4v) is 3.26. The third-order valence-electron chi connectivity index (χ3n) is 3.94. The fourth-order valence-electron chi connectivity index (χ4n) is 2.89. The van der Waals surface area contributed by atoms with Gasteiger partial charge < -0.3 is 10.2 Å². The number of rotatable bonds is 5. The third-order valence-corrected chi connectivity index (χ3v) is 4.45. The van der Waals surface area contributed by atoms with Crippen LogP contribution in [0.3, 0.4) is 0 Å². The molecule has 1 aliphatic heterocycles. The number of halogens is 1. The van der Waals surface area contributed by atoms with Gasteiger partial charge in [0, 0.05) is 24.5 Å². The van der Waals surface area contributed by atoms with Crippen LogP contribution in [-0.2, 0) is 0 Å². The van der Waals surface area contributed by atoms with E-state index in [0.717, 1.165) is 12.4 Å². The van der Waals surface area contributed by atoms with Gasteiger partial charge in [-0.2, -0.15) is 0 Å². The van der Waals surface area contributed by atoms with Gasteiger partial charge in [-0.3, -0.25) is 0 Å². The van der Waals surface area contributed by atoms with Crippen molar-refractivity contribution in [2.24, 2.45) is 0 Å². The Labute approximate surface area is 98.4 Å². The first-order valence-corrected chi connectivity index (χ1v) is 6.91. The first-order chi connectivity index (χ1) is 7.35. The van der Waals surface area contributed by atoms with Gasteiger partial charge in [0.15, 0.2) is 0 Å². The summed E-state index contributed by atoms with van der Waals surface area (Å²) in [5.74, 6) is 0.785. The van der Waals surface area contributed by atoms with Crippen LogP contribution in [0.4, 0.5) is 0 Å². The van der Waals surface area contributed by atoms with Gasteiger partial charge in [0.25, 0.3) is 0 Å². The summed E-state index contributed by atoms with van der Waals surface area (Å²) < 4.78 is 0. The SMILES string of the molecule is ClCC1(NCCN2CCCC2)CCCC1. The molecule has 0 aromatic carbocycles. The van der Waals surface area contributed by atoms with E-state index in [1.54, 1.807) is 0 Å². The molecule has 2 nitrogen and oxygen atoms in total. The van der Waals surface area contributed by atoms with Crippen molar-refractivity contribution in [2.45, 2.75) is 44.1 Å². The van der Waals surface area contributed by atoms with E-state index in [0.29, 0.717) is 0 Å². The lowest BCUT2D eigenvalue weighted by Crippen LogP contribution is -2.47. The van der Waals surface area contributed by atoms with E-state index in [9.17, 15) is 0 Å². The molecule has 0 radical (unpaired) electrons. The van der Waals surface area contributed by atoms with Crippen LogP contribution in [-0.4, -0.2) is 42.5 Å². The summed E-state index contributed by atoms with van der Waals surface area (Å²) in [5, 5.41) is 3.70. The van der Waals surface area contributed by atoms with E-state index in [1.165, 1.54) is 58.2 Å². The Morgan fingerprint density at radius 3 is 2.33 bits per heavy atom. The van der Waals surface area contributed by atoms with Gasteiger partial charge in [-0.1, -0.05) is 12.8 Å². The van der Waals surface area contributed by atoms with Crippen LogP contribution in [0, 0.1) is 0 Å². The molecule has 1 heterocycles. The number of nitrogens with zero attached hydrogens (tertiary/aromatic N) is 1. The molecule has 0 aromatic heterocycles. The standard InChI is InChI=1S/C12H23ClN2/c13-11-12(5-1-2-6-12)14-7-10-15-8-3-4-9-15/h14H,1-11H2. The molecule has 2 aliphatic rings. The molecule has 3 heteroatoms. The van der Waals surface area contributed by atoms with Gasteiger partial charge in [0.2, 0.25) is 0 Å². The van der Waals surface area contributed by atoms with Gasteiger partial charge in [-0.15, -0.1) is 11.6 Å². The lowest BCUT2D eigenvalue weighted by Gasteiger charge is -2.29. The molecule has 15 heavy (non-hydrogen) atoms. The minimum atomic E-state index is 0.279. The van der Waals surface area contributed by atoms with Crippen molar-refractivity contribution in [3.05, 3.63) is 0 Å². The van der Waals surface area contributed by atoms with Gasteiger partial charge in [0.05, 0.1) is 0 Å². The van der Waals surface area contributed by atoms with Crippen LogP contribution in [0.25, 0.3) is 0 Å². The van der Waals surface area contributed by atoms with E-state index in [4.69, 9.17) is 11.6 Å². The Balaban J connectivity index is 1.67. The molecule has 0 amide bonds. The summed E-state index contributed by atoms with van der Waals surface area (Å²) in [6.07, 6.45) is 8.03. The molecule has 0 unspecified atom stereocenters. The predicted molar refractivity (Wildman–Crippen MR) is 65.6 cm³/mol. The summed E-state index contributed by atoms with van der Waals surface area (Å²) in [7, 11) is 0. The van der Waals surface area contributed by atoms with Gasteiger partial charge in [-0.05, 0) is 38.8 Å². The predicted octanol–water partition coefficient (Wildman–Crippen LogP) is 2.22. The molecular weight excluding hydrogens is 208 g/mol. The van der Waals surface area contributed by atoms with Crippen molar-refractivity contribution in [2.75, 3.05) is 32.1 Å². The summed E-state index contributed by atoms with van der Waals surface area (Å²) in [6.45, 7) is 4.93. The molecule has 88 valence electrons. The Hall–Kier alpha value is 0.210. The number of hydrogen-bond acceptors (Lipinski definition) is 2. The van der Waals surface area contributed by atoms with Gasteiger partial charge >= 0.3 is 0 Å². The molecule has 0 atom stereocenters. The number of nitrogens with one attached hydrogen (secondary N) is 1. The first-order valence-electron chi connectivity index (χ1n) is 6.38. The van der Waals surface area contributed by atoms with Crippen LogP contribution in [0.15, 0.2) is 0 Å². The first kappa shape index (κ1) is 11.7. The normalized spacial score (nSPS) is 26.2. The highest BCUT2D eigenvalue weighted by molar-refractivity contribution is 6.18. The van der Waals surface area contributed by atoms with Crippen LogP contribution < -0.4 is 5.32 Å². The number of alkyl halides is 1. The molecular formula is C12H23ClN2. The van der Waals surface area contributed by atoms with E-state index in [1.807, 2.05) is 0 Å². The maximum atomic E-state index is 6.08. The lowest BCUT2D eigenvalue weighted by atomic mass is 10.0.